The summed E-state index contributed by atoms with van der Waals surface area (Å²) in [6, 6.07) is 0.544. The van der Waals surface area contributed by atoms with Crippen molar-refractivity contribution in [2.75, 3.05) is 17.7 Å². The second-order valence-electron chi connectivity index (χ2n) is 5.92. The zero-order valence-corrected chi connectivity index (χ0v) is 13.5. The SMILES string of the molecule is CCc1nc(NC)c(C)c(NC2CCC(CC)C2C)n1. The molecule has 3 unspecified atom stereocenters. The van der Waals surface area contributed by atoms with E-state index in [1.165, 1.54) is 19.3 Å². The lowest BCUT2D eigenvalue weighted by Crippen LogP contribution is -2.26. The molecule has 0 saturated heterocycles. The minimum Gasteiger partial charge on any atom is -0.373 e. The van der Waals surface area contributed by atoms with E-state index >= 15 is 0 Å². The molecule has 1 heterocycles. The molecule has 0 radical (unpaired) electrons. The maximum absolute atomic E-state index is 4.69. The molecule has 0 spiro atoms. The van der Waals surface area contributed by atoms with Crippen LogP contribution in [0.4, 0.5) is 11.6 Å². The third kappa shape index (κ3) is 2.89. The highest BCUT2D eigenvalue weighted by atomic mass is 15.1. The smallest absolute Gasteiger partial charge is 0.135 e. The van der Waals surface area contributed by atoms with Gasteiger partial charge in [-0.15, -0.1) is 0 Å². The van der Waals surface area contributed by atoms with Crippen LogP contribution in [0.25, 0.3) is 0 Å². The van der Waals surface area contributed by atoms with Gasteiger partial charge < -0.3 is 10.6 Å². The molecule has 0 bridgehead atoms. The summed E-state index contributed by atoms with van der Waals surface area (Å²) < 4.78 is 0. The monoisotopic (exact) mass is 276 g/mol. The van der Waals surface area contributed by atoms with Crippen molar-refractivity contribution in [3.8, 4) is 0 Å². The lowest BCUT2D eigenvalue weighted by molar-refractivity contribution is 0.391. The summed E-state index contributed by atoms with van der Waals surface area (Å²) >= 11 is 0. The van der Waals surface area contributed by atoms with Gasteiger partial charge in [-0.2, -0.15) is 0 Å². The molecule has 20 heavy (non-hydrogen) atoms. The first-order valence-corrected chi connectivity index (χ1v) is 7.92. The number of nitrogens with one attached hydrogen (secondary N) is 2. The first-order valence-electron chi connectivity index (χ1n) is 7.92. The number of rotatable bonds is 5. The quantitative estimate of drug-likeness (QED) is 0.862. The fourth-order valence-corrected chi connectivity index (χ4v) is 3.31. The van der Waals surface area contributed by atoms with Crippen molar-refractivity contribution < 1.29 is 0 Å². The first-order chi connectivity index (χ1) is 9.60. The molecule has 1 aromatic heterocycles. The molecule has 4 heteroatoms. The van der Waals surface area contributed by atoms with Gasteiger partial charge in [-0.1, -0.05) is 27.2 Å². The van der Waals surface area contributed by atoms with Crippen LogP contribution in [-0.4, -0.2) is 23.1 Å². The summed E-state index contributed by atoms with van der Waals surface area (Å²) in [7, 11) is 1.92. The molecule has 0 aliphatic heterocycles. The van der Waals surface area contributed by atoms with Gasteiger partial charge >= 0.3 is 0 Å². The summed E-state index contributed by atoms with van der Waals surface area (Å²) in [4.78, 5) is 9.22. The largest absolute Gasteiger partial charge is 0.373 e. The first kappa shape index (κ1) is 15.1. The van der Waals surface area contributed by atoms with Gasteiger partial charge in [0.2, 0.25) is 0 Å². The van der Waals surface area contributed by atoms with Gasteiger partial charge in [0.1, 0.15) is 17.5 Å². The number of anilines is 2. The Morgan fingerprint density at radius 3 is 2.40 bits per heavy atom. The third-order valence-corrected chi connectivity index (χ3v) is 4.82. The lowest BCUT2D eigenvalue weighted by atomic mass is 9.93. The van der Waals surface area contributed by atoms with Crippen LogP contribution in [0.5, 0.6) is 0 Å². The topological polar surface area (TPSA) is 49.8 Å². The molecule has 1 aliphatic rings. The van der Waals surface area contributed by atoms with Crippen LogP contribution in [0.2, 0.25) is 0 Å². The molecule has 0 amide bonds. The van der Waals surface area contributed by atoms with Gasteiger partial charge in [0.25, 0.3) is 0 Å². The average Bonchev–Trinajstić information content (AvgIpc) is 2.81. The van der Waals surface area contributed by atoms with Gasteiger partial charge in [-0.25, -0.2) is 9.97 Å². The van der Waals surface area contributed by atoms with E-state index < -0.39 is 0 Å². The van der Waals surface area contributed by atoms with E-state index in [0.717, 1.165) is 41.3 Å². The Kier molecular flexibility index (Phi) is 4.84. The van der Waals surface area contributed by atoms with Crippen LogP contribution in [0, 0.1) is 18.8 Å². The molecule has 2 rings (SSSR count). The molecule has 4 nitrogen and oxygen atoms in total. The molecule has 0 aromatic carbocycles. The van der Waals surface area contributed by atoms with E-state index in [4.69, 9.17) is 0 Å². The molecule has 1 fully saturated rings. The van der Waals surface area contributed by atoms with Gasteiger partial charge in [0.05, 0.1) is 0 Å². The number of aromatic nitrogens is 2. The molecular formula is C16H28N4. The highest BCUT2D eigenvalue weighted by Gasteiger charge is 2.32. The summed E-state index contributed by atoms with van der Waals surface area (Å²) in [6.45, 7) is 8.85. The van der Waals surface area contributed by atoms with Gasteiger partial charge in [-0.05, 0) is 31.6 Å². The van der Waals surface area contributed by atoms with Crippen molar-refractivity contribution in [3.63, 3.8) is 0 Å². The third-order valence-electron chi connectivity index (χ3n) is 4.82. The zero-order chi connectivity index (χ0) is 14.7. The van der Waals surface area contributed by atoms with E-state index in [0.29, 0.717) is 6.04 Å². The predicted octanol–water partition coefficient (Wildman–Crippen LogP) is 3.63. The summed E-state index contributed by atoms with van der Waals surface area (Å²) in [6.07, 6.45) is 4.73. The molecule has 2 N–H and O–H groups in total. The molecule has 1 aliphatic carbocycles. The van der Waals surface area contributed by atoms with Crippen LogP contribution in [0.3, 0.4) is 0 Å². The van der Waals surface area contributed by atoms with E-state index in [1.807, 2.05) is 7.05 Å². The highest BCUT2D eigenvalue weighted by molar-refractivity contribution is 5.57. The molecule has 1 aromatic rings. The number of aryl methyl sites for hydroxylation is 1. The van der Waals surface area contributed by atoms with Crippen LogP contribution in [0.1, 0.15) is 51.4 Å². The van der Waals surface area contributed by atoms with E-state index in [9.17, 15) is 0 Å². The molecular weight excluding hydrogens is 248 g/mol. The predicted molar refractivity (Wildman–Crippen MR) is 85.3 cm³/mol. The standard InChI is InChI=1S/C16H28N4/c1-6-12-8-9-13(10(12)3)18-16-11(4)15(17-5)19-14(7-2)20-16/h10,12-13H,6-9H2,1-5H3,(H2,17,18,19,20). The highest BCUT2D eigenvalue weighted by Crippen LogP contribution is 2.36. The Labute approximate surface area is 122 Å². The van der Waals surface area contributed by atoms with Crippen LogP contribution < -0.4 is 10.6 Å². The van der Waals surface area contributed by atoms with Crippen molar-refractivity contribution in [2.24, 2.45) is 11.8 Å². The van der Waals surface area contributed by atoms with Crippen molar-refractivity contribution in [2.45, 2.75) is 59.4 Å². The van der Waals surface area contributed by atoms with Crippen LogP contribution >= 0.6 is 0 Å². The lowest BCUT2D eigenvalue weighted by Gasteiger charge is -2.23. The molecule has 1 saturated carbocycles. The Balaban J connectivity index is 2.21. The average molecular weight is 276 g/mol. The second kappa shape index (κ2) is 6.42. The Hall–Kier alpha value is -1.32. The number of nitrogens with zero attached hydrogens (tertiary/aromatic N) is 2. The Morgan fingerprint density at radius 1 is 1.15 bits per heavy atom. The second-order valence-corrected chi connectivity index (χ2v) is 5.92. The van der Waals surface area contributed by atoms with E-state index in [-0.39, 0.29) is 0 Å². The summed E-state index contributed by atoms with van der Waals surface area (Å²) in [5.41, 5.74) is 1.12. The molecule has 3 atom stereocenters. The fourth-order valence-electron chi connectivity index (χ4n) is 3.31. The normalized spacial score (nSPS) is 25.8. The van der Waals surface area contributed by atoms with Crippen LogP contribution in [0.15, 0.2) is 0 Å². The van der Waals surface area contributed by atoms with Gasteiger partial charge in [0, 0.05) is 25.1 Å². The maximum Gasteiger partial charge on any atom is 0.135 e. The Morgan fingerprint density at radius 2 is 1.85 bits per heavy atom. The van der Waals surface area contributed by atoms with Gasteiger partial charge in [-0.3, -0.25) is 0 Å². The minimum absolute atomic E-state index is 0.544. The number of hydrogen-bond acceptors (Lipinski definition) is 4. The maximum atomic E-state index is 4.69. The summed E-state index contributed by atoms with van der Waals surface area (Å²) in [5.74, 6) is 4.42. The zero-order valence-electron chi connectivity index (χ0n) is 13.5. The van der Waals surface area contributed by atoms with Gasteiger partial charge in [0.15, 0.2) is 0 Å². The van der Waals surface area contributed by atoms with Crippen LogP contribution in [-0.2, 0) is 6.42 Å². The molecule has 112 valence electrons. The number of hydrogen-bond donors (Lipinski definition) is 2. The summed E-state index contributed by atoms with van der Waals surface area (Å²) in [5, 5.41) is 6.86. The minimum atomic E-state index is 0.544. The Bertz CT molecular complexity index is 458. The van der Waals surface area contributed by atoms with E-state index in [2.05, 4.69) is 48.3 Å². The van der Waals surface area contributed by atoms with Crippen molar-refractivity contribution in [1.29, 1.82) is 0 Å². The fraction of sp³-hybridized carbons (Fsp3) is 0.750. The van der Waals surface area contributed by atoms with Crippen molar-refractivity contribution in [3.05, 3.63) is 11.4 Å². The van der Waals surface area contributed by atoms with E-state index in [1.54, 1.807) is 0 Å². The van der Waals surface area contributed by atoms with Crippen molar-refractivity contribution in [1.82, 2.24) is 9.97 Å². The van der Waals surface area contributed by atoms with Crippen molar-refractivity contribution >= 4 is 11.6 Å².